The highest BCUT2D eigenvalue weighted by Gasteiger charge is 2.25. The van der Waals surface area contributed by atoms with Crippen LogP contribution in [0.25, 0.3) is 0 Å². The Balaban J connectivity index is 1.43. The molecule has 0 radical (unpaired) electrons. The summed E-state index contributed by atoms with van der Waals surface area (Å²) in [4.78, 5) is 12.5. The number of rotatable bonds is 9. The SMILES string of the molecule is Cc1ccccc1O[C@@H](C)C(=O)NCCOc1ccc(S(=O)(=O)N2CCCCC2)cc1. The number of hydrogen-bond donors (Lipinski definition) is 1. The molecule has 8 heteroatoms. The molecule has 1 atom stereocenters. The molecule has 31 heavy (non-hydrogen) atoms. The first kappa shape index (κ1) is 23.1. The van der Waals surface area contributed by atoms with Crippen LogP contribution in [0.15, 0.2) is 53.4 Å². The summed E-state index contributed by atoms with van der Waals surface area (Å²) in [5.41, 5.74) is 0.969. The molecule has 1 heterocycles. The third-order valence-corrected chi connectivity index (χ3v) is 7.13. The Bertz CT molecular complexity index is 970. The summed E-state index contributed by atoms with van der Waals surface area (Å²) in [6.45, 7) is 5.36. The topological polar surface area (TPSA) is 84.9 Å². The lowest BCUT2D eigenvalue weighted by Gasteiger charge is -2.25. The van der Waals surface area contributed by atoms with Crippen molar-refractivity contribution in [1.82, 2.24) is 9.62 Å². The van der Waals surface area contributed by atoms with Crippen molar-refractivity contribution in [2.24, 2.45) is 0 Å². The number of benzene rings is 2. The van der Waals surface area contributed by atoms with E-state index in [0.717, 1.165) is 24.8 Å². The van der Waals surface area contributed by atoms with Crippen LogP contribution in [0, 0.1) is 6.92 Å². The van der Waals surface area contributed by atoms with Gasteiger partial charge in [0.2, 0.25) is 10.0 Å². The van der Waals surface area contributed by atoms with Crippen molar-refractivity contribution in [3.05, 3.63) is 54.1 Å². The average molecular weight is 447 g/mol. The van der Waals surface area contributed by atoms with Gasteiger partial charge in [-0.15, -0.1) is 0 Å². The molecule has 2 aromatic rings. The number of nitrogens with zero attached hydrogens (tertiary/aromatic N) is 1. The third kappa shape index (κ3) is 6.21. The van der Waals surface area contributed by atoms with Crippen molar-refractivity contribution in [3.8, 4) is 11.5 Å². The fraction of sp³-hybridized carbons (Fsp3) is 0.435. The number of nitrogens with one attached hydrogen (secondary N) is 1. The minimum atomic E-state index is -3.45. The van der Waals surface area contributed by atoms with Gasteiger partial charge in [-0.1, -0.05) is 24.6 Å². The molecule has 1 aliphatic heterocycles. The highest BCUT2D eigenvalue weighted by Crippen LogP contribution is 2.22. The molecule has 1 aliphatic rings. The lowest BCUT2D eigenvalue weighted by Crippen LogP contribution is -2.38. The molecule has 1 N–H and O–H groups in total. The van der Waals surface area contributed by atoms with Gasteiger partial charge in [-0.05, 0) is 62.6 Å². The van der Waals surface area contributed by atoms with Crippen LogP contribution < -0.4 is 14.8 Å². The second kappa shape index (κ2) is 10.6. The van der Waals surface area contributed by atoms with Gasteiger partial charge in [0, 0.05) is 13.1 Å². The molecule has 0 bridgehead atoms. The quantitative estimate of drug-likeness (QED) is 0.598. The van der Waals surface area contributed by atoms with Crippen molar-refractivity contribution in [2.75, 3.05) is 26.2 Å². The molecule has 0 aromatic heterocycles. The summed E-state index contributed by atoms with van der Waals surface area (Å²) < 4.78 is 38.2. The van der Waals surface area contributed by atoms with Crippen LogP contribution in [0.4, 0.5) is 0 Å². The fourth-order valence-electron chi connectivity index (χ4n) is 3.38. The van der Waals surface area contributed by atoms with E-state index in [1.807, 2.05) is 31.2 Å². The Labute approximate surface area is 184 Å². The van der Waals surface area contributed by atoms with Gasteiger partial charge in [-0.3, -0.25) is 4.79 Å². The number of carbonyl (C=O) groups is 1. The zero-order chi connectivity index (χ0) is 22.3. The molecule has 168 valence electrons. The van der Waals surface area contributed by atoms with Gasteiger partial charge in [0.15, 0.2) is 6.10 Å². The van der Waals surface area contributed by atoms with Crippen molar-refractivity contribution < 1.29 is 22.7 Å². The van der Waals surface area contributed by atoms with Gasteiger partial charge in [0.05, 0.1) is 11.4 Å². The number of carbonyl (C=O) groups excluding carboxylic acids is 1. The van der Waals surface area contributed by atoms with Gasteiger partial charge in [-0.2, -0.15) is 4.31 Å². The maximum atomic E-state index is 12.7. The monoisotopic (exact) mass is 446 g/mol. The van der Waals surface area contributed by atoms with Crippen molar-refractivity contribution in [1.29, 1.82) is 0 Å². The van der Waals surface area contributed by atoms with Crippen molar-refractivity contribution in [2.45, 2.75) is 44.1 Å². The predicted octanol–water partition coefficient (Wildman–Crippen LogP) is 3.13. The van der Waals surface area contributed by atoms with Gasteiger partial charge in [0.25, 0.3) is 5.91 Å². The van der Waals surface area contributed by atoms with Crippen molar-refractivity contribution in [3.63, 3.8) is 0 Å². The Morgan fingerprint density at radius 2 is 1.74 bits per heavy atom. The Hall–Kier alpha value is -2.58. The lowest BCUT2D eigenvalue weighted by molar-refractivity contribution is -0.127. The number of para-hydroxylation sites is 1. The molecule has 0 unspecified atom stereocenters. The van der Waals surface area contributed by atoms with E-state index in [0.29, 0.717) is 31.1 Å². The first-order chi connectivity index (χ1) is 14.9. The fourth-order valence-corrected chi connectivity index (χ4v) is 4.90. The second-order valence-corrected chi connectivity index (χ2v) is 9.54. The average Bonchev–Trinajstić information content (AvgIpc) is 2.79. The highest BCUT2D eigenvalue weighted by atomic mass is 32.2. The third-order valence-electron chi connectivity index (χ3n) is 5.21. The summed E-state index contributed by atoms with van der Waals surface area (Å²) >= 11 is 0. The van der Waals surface area contributed by atoms with Crippen LogP contribution in [0.5, 0.6) is 11.5 Å². The minimum Gasteiger partial charge on any atom is -0.492 e. The summed E-state index contributed by atoms with van der Waals surface area (Å²) in [5.74, 6) is 1.01. The molecule has 0 spiro atoms. The number of aryl methyl sites for hydroxylation is 1. The second-order valence-electron chi connectivity index (χ2n) is 7.60. The number of hydrogen-bond acceptors (Lipinski definition) is 5. The summed E-state index contributed by atoms with van der Waals surface area (Å²) in [6.07, 6.45) is 2.26. The molecular weight excluding hydrogens is 416 g/mol. The maximum absolute atomic E-state index is 12.7. The van der Waals surface area contributed by atoms with E-state index in [-0.39, 0.29) is 17.4 Å². The smallest absolute Gasteiger partial charge is 0.260 e. The van der Waals surface area contributed by atoms with Crippen LogP contribution in [0.1, 0.15) is 31.7 Å². The van der Waals surface area contributed by atoms with Crippen LogP contribution in [-0.4, -0.2) is 51.0 Å². The van der Waals surface area contributed by atoms with E-state index in [2.05, 4.69) is 5.32 Å². The van der Waals surface area contributed by atoms with E-state index >= 15 is 0 Å². The number of ether oxygens (including phenoxy) is 2. The van der Waals surface area contributed by atoms with Gasteiger partial charge < -0.3 is 14.8 Å². The number of amides is 1. The molecule has 1 saturated heterocycles. The molecule has 1 fully saturated rings. The molecule has 0 saturated carbocycles. The largest absolute Gasteiger partial charge is 0.492 e. The molecule has 7 nitrogen and oxygen atoms in total. The zero-order valence-corrected chi connectivity index (χ0v) is 18.9. The molecule has 2 aromatic carbocycles. The molecule has 3 rings (SSSR count). The van der Waals surface area contributed by atoms with Crippen LogP contribution in [-0.2, 0) is 14.8 Å². The zero-order valence-electron chi connectivity index (χ0n) is 18.0. The van der Waals surface area contributed by atoms with E-state index in [1.54, 1.807) is 35.5 Å². The normalized spacial score (nSPS) is 15.8. The Morgan fingerprint density at radius 1 is 1.06 bits per heavy atom. The van der Waals surface area contributed by atoms with Crippen LogP contribution in [0.3, 0.4) is 0 Å². The van der Waals surface area contributed by atoms with E-state index in [4.69, 9.17) is 9.47 Å². The number of piperidine rings is 1. The minimum absolute atomic E-state index is 0.227. The van der Waals surface area contributed by atoms with Gasteiger partial charge in [-0.25, -0.2) is 8.42 Å². The molecule has 0 aliphatic carbocycles. The van der Waals surface area contributed by atoms with E-state index in [9.17, 15) is 13.2 Å². The van der Waals surface area contributed by atoms with E-state index in [1.165, 1.54) is 0 Å². The first-order valence-corrected chi connectivity index (χ1v) is 12.0. The number of sulfonamides is 1. The van der Waals surface area contributed by atoms with Crippen LogP contribution >= 0.6 is 0 Å². The molecular formula is C23H30N2O5S. The van der Waals surface area contributed by atoms with Gasteiger partial charge in [0.1, 0.15) is 18.1 Å². The van der Waals surface area contributed by atoms with E-state index < -0.39 is 16.1 Å². The predicted molar refractivity (Wildman–Crippen MR) is 119 cm³/mol. The lowest BCUT2D eigenvalue weighted by atomic mass is 10.2. The maximum Gasteiger partial charge on any atom is 0.260 e. The Kier molecular flexibility index (Phi) is 7.92. The van der Waals surface area contributed by atoms with Crippen LogP contribution in [0.2, 0.25) is 0 Å². The Morgan fingerprint density at radius 3 is 2.42 bits per heavy atom. The standard InChI is InChI=1S/C23H30N2O5S/c1-18-8-4-5-9-22(18)30-19(2)23(26)24-14-17-29-20-10-12-21(13-11-20)31(27,28)25-15-6-3-7-16-25/h4-5,8-13,19H,3,6-7,14-17H2,1-2H3,(H,24,26)/t19-/m0/s1. The van der Waals surface area contributed by atoms with Gasteiger partial charge >= 0.3 is 0 Å². The summed E-state index contributed by atoms with van der Waals surface area (Å²) in [5, 5.41) is 2.78. The summed E-state index contributed by atoms with van der Waals surface area (Å²) in [6, 6.07) is 14.0. The van der Waals surface area contributed by atoms with Crippen molar-refractivity contribution >= 4 is 15.9 Å². The first-order valence-electron chi connectivity index (χ1n) is 10.6. The highest BCUT2D eigenvalue weighted by molar-refractivity contribution is 7.89. The summed E-state index contributed by atoms with van der Waals surface area (Å²) in [7, 11) is -3.45. The molecule has 1 amide bonds.